The Hall–Kier alpha value is -1.79. The molecular formula is C19H34N4O3. The van der Waals surface area contributed by atoms with Crippen molar-refractivity contribution in [1.29, 1.82) is 0 Å². The molecule has 7 heteroatoms. The third kappa shape index (κ3) is 6.50. The summed E-state index contributed by atoms with van der Waals surface area (Å²) in [6.07, 6.45) is 6.50. The number of rotatable bonds is 8. The summed E-state index contributed by atoms with van der Waals surface area (Å²) < 4.78 is 4.92. The highest BCUT2D eigenvalue weighted by Crippen LogP contribution is 2.27. The second-order valence-corrected chi connectivity index (χ2v) is 7.06. The zero-order valence-electron chi connectivity index (χ0n) is 16.3. The summed E-state index contributed by atoms with van der Waals surface area (Å²) in [7, 11) is 0. The van der Waals surface area contributed by atoms with Gasteiger partial charge in [-0.1, -0.05) is 12.8 Å². The van der Waals surface area contributed by atoms with E-state index in [1.807, 2.05) is 18.7 Å². The van der Waals surface area contributed by atoms with Gasteiger partial charge in [-0.3, -0.25) is 14.6 Å². The van der Waals surface area contributed by atoms with Gasteiger partial charge in [0.2, 0.25) is 5.91 Å². The van der Waals surface area contributed by atoms with Crippen LogP contribution in [-0.4, -0.2) is 61.6 Å². The van der Waals surface area contributed by atoms with E-state index in [4.69, 9.17) is 4.74 Å². The maximum atomic E-state index is 12.5. The number of likely N-dealkylation sites (tertiary alicyclic amines) is 1. The highest BCUT2D eigenvalue weighted by molar-refractivity contribution is 5.81. The normalized spacial score (nSPS) is 21.1. The number of nitrogens with zero attached hydrogens (tertiary/aromatic N) is 2. The smallest absolute Gasteiger partial charge is 0.305 e. The monoisotopic (exact) mass is 366 g/mol. The van der Waals surface area contributed by atoms with E-state index in [1.54, 1.807) is 0 Å². The van der Waals surface area contributed by atoms with Gasteiger partial charge in [0, 0.05) is 44.6 Å². The molecule has 0 aromatic carbocycles. The summed E-state index contributed by atoms with van der Waals surface area (Å²) in [5.74, 6) is 1.18. The van der Waals surface area contributed by atoms with Crippen molar-refractivity contribution in [3.05, 3.63) is 0 Å². The molecule has 0 spiro atoms. The molecule has 2 rings (SSSR count). The van der Waals surface area contributed by atoms with E-state index in [2.05, 4.69) is 15.6 Å². The minimum atomic E-state index is -0.169. The molecule has 2 fully saturated rings. The van der Waals surface area contributed by atoms with Crippen molar-refractivity contribution >= 4 is 17.8 Å². The average Bonchev–Trinajstić information content (AvgIpc) is 3.30. The first-order valence-electron chi connectivity index (χ1n) is 10.1. The van der Waals surface area contributed by atoms with Gasteiger partial charge in [0.15, 0.2) is 5.96 Å². The van der Waals surface area contributed by atoms with Crippen LogP contribution in [0.5, 0.6) is 0 Å². The van der Waals surface area contributed by atoms with Crippen molar-refractivity contribution in [2.45, 2.75) is 64.8 Å². The predicted molar refractivity (Wildman–Crippen MR) is 102 cm³/mol. The molecule has 0 aromatic heterocycles. The lowest BCUT2D eigenvalue weighted by molar-refractivity contribution is -0.143. The Balaban J connectivity index is 1.75. The van der Waals surface area contributed by atoms with Gasteiger partial charge in [-0.2, -0.15) is 0 Å². The van der Waals surface area contributed by atoms with E-state index < -0.39 is 0 Å². The molecule has 2 aliphatic rings. The minimum absolute atomic E-state index is 0.169. The maximum absolute atomic E-state index is 12.5. The zero-order chi connectivity index (χ0) is 18.8. The lowest BCUT2D eigenvalue weighted by atomic mass is 10.1. The molecule has 1 unspecified atom stereocenters. The van der Waals surface area contributed by atoms with Crippen LogP contribution in [-0.2, 0) is 14.3 Å². The first-order chi connectivity index (χ1) is 12.6. The van der Waals surface area contributed by atoms with E-state index in [9.17, 15) is 9.59 Å². The van der Waals surface area contributed by atoms with Gasteiger partial charge in [0.1, 0.15) is 0 Å². The van der Waals surface area contributed by atoms with Crippen LogP contribution < -0.4 is 10.6 Å². The second kappa shape index (κ2) is 11.0. The lowest BCUT2D eigenvalue weighted by Gasteiger charge is -2.21. The zero-order valence-corrected chi connectivity index (χ0v) is 16.3. The Labute approximate surface area is 156 Å². The Bertz CT molecular complexity index is 489. The molecule has 2 N–H and O–H groups in total. The number of hydrogen-bond acceptors (Lipinski definition) is 4. The molecule has 26 heavy (non-hydrogen) atoms. The number of ether oxygens (including phenoxy) is 1. The summed E-state index contributed by atoms with van der Waals surface area (Å²) in [6, 6.07) is 0.239. The highest BCUT2D eigenvalue weighted by Gasteiger charge is 2.32. The summed E-state index contributed by atoms with van der Waals surface area (Å²) in [4.78, 5) is 30.5. The van der Waals surface area contributed by atoms with Crippen LogP contribution in [0.1, 0.15) is 58.8 Å². The SMILES string of the molecule is CCNC(=NCCCC(=O)OCC)NC1CCN(C(=O)C2CCCC2)C1. The van der Waals surface area contributed by atoms with E-state index in [1.165, 1.54) is 12.8 Å². The molecule has 0 aromatic rings. The number of guanidine groups is 1. The number of hydrogen-bond donors (Lipinski definition) is 2. The van der Waals surface area contributed by atoms with Crippen LogP contribution in [0.3, 0.4) is 0 Å². The Morgan fingerprint density at radius 2 is 1.96 bits per heavy atom. The second-order valence-electron chi connectivity index (χ2n) is 7.06. The number of aliphatic imine (C=N–C) groups is 1. The van der Waals surface area contributed by atoms with Crippen molar-refractivity contribution in [1.82, 2.24) is 15.5 Å². The fourth-order valence-corrected chi connectivity index (χ4v) is 3.67. The van der Waals surface area contributed by atoms with Crippen LogP contribution in [0.4, 0.5) is 0 Å². The quantitative estimate of drug-likeness (QED) is 0.296. The largest absolute Gasteiger partial charge is 0.466 e. The third-order valence-corrected chi connectivity index (χ3v) is 5.00. The van der Waals surface area contributed by atoms with Gasteiger partial charge in [0.05, 0.1) is 6.61 Å². The first kappa shape index (κ1) is 20.5. The summed E-state index contributed by atoms with van der Waals surface area (Å²) in [6.45, 7) is 7.20. The van der Waals surface area contributed by atoms with E-state index >= 15 is 0 Å². The standard InChI is InChI=1S/C19H34N4O3/c1-3-20-19(21-12-7-10-17(24)26-4-2)22-16-11-13-23(14-16)18(25)15-8-5-6-9-15/h15-16H,3-14H2,1-2H3,(H2,20,21,22). The van der Waals surface area contributed by atoms with Crippen molar-refractivity contribution in [3.63, 3.8) is 0 Å². The fourth-order valence-electron chi connectivity index (χ4n) is 3.67. The molecular weight excluding hydrogens is 332 g/mol. The molecule has 0 bridgehead atoms. The molecule has 1 heterocycles. The molecule has 1 amide bonds. The number of carbonyl (C=O) groups excluding carboxylic acids is 2. The first-order valence-corrected chi connectivity index (χ1v) is 10.1. The topological polar surface area (TPSA) is 83.0 Å². The third-order valence-electron chi connectivity index (χ3n) is 5.00. The van der Waals surface area contributed by atoms with Crippen LogP contribution in [0.25, 0.3) is 0 Å². The van der Waals surface area contributed by atoms with Gasteiger partial charge >= 0.3 is 5.97 Å². The van der Waals surface area contributed by atoms with Gasteiger partial charge in [-0.05, 0) is 39.5 Å². The van der Waals surface area contributed by atoms with Crippen molar-refractivity contribution < 1.29 is 14.3 Å². The molecule has 1 atom stereocenters. The predicted octanol–water partition coefficient (Wildman–Crippen LogP) is 1.68. The van der Waals surface area contributed by atoms with Gasteiger partial charge in [-0.25, -0.2) is 0 Å². The maximum Gasteiger partial charge on any atom is 0.305 e. The van der Waals surface area contributed by atoms with E-state index in [0.717, 1.165) is 44.9 Å². The molecule has 1 aliphatic heterocycles. The average molecular weight is 367 g/mol. The minimum Gasteiger partial charge on any atom is -0.466 e. The highest BCUT2D eigenvalue weighted by atomic mass is 16.5. The van der Waals surface area contributed by atoms with Crippen molar-refractivity contribution in [2.75, 3.05) is 32.8 Å². The van der Waals surface area contributed by atoms with Crippen molar-refractivity contribution in [2.24, 2.45) is 10.9 Å². The van der Waals surface area contributed by atoms with E-state index in [0.29, 0.717) is 31.9 Å². The summed E-state index contributed by atoms with van der Waals surface area (Å²) >= 11 is 0. The Morgan fingerprint density at radius 1 is 1.19 bits per heavy atom. The Kier molecular flexibility index (Phi) is 8.71. The molecule has 0 radical (unpaired) electrons. The summed E-state index contributed by atoms with van der Waals surface area (Å²) in [5, 5.41) is 6.68. The molecule has 7 nitrogen and oxygen atoms in total. The molecule has 1 aliphatic carbocycles. The van der Waals surface area contributed by atoms with Gasteiger partial charge in [-0.15, -0.1) is 0 Å². The van der Waals surface area contributed by atoms with Crippen molar-refractivity contribution in [3.8, 4) is 0 Å². The molecule has 1 saturated carbocycles. The van der Waals surface area contributed by atoms with Crippen LogP contribution in [0, 0.1) is 5.92 Å². The van der Waals surface area contributed by atoms with Crippen LogP contribution >= 0.6 is 0 Å². The number of nitrogens with one attached hydrogen (secondary N) is 2. The lowest BCUT2D eigenvalue weighted by Crippen LogP contribution is -2.45. The van der Waals surface area contributed by atoms with Gasteiger partial charge < -0.3 is 20.3 Å². The number of esters is 1. The van der Waals surface area contributed by atoms with E-state index in [-0.39, 0.29) is 17.9 Å². The molecule has 1 saturated heterocycles. The summed E-state index contributed by atoms with van der Waals surface area (Å²) in [5.41, 5.74) is 0. The number of amides is 1. The Morgan fingerprint density at radius 3 is 2.65 bits per heavy atom. The van der Waals surface area contributed by atoms with Crippen LogP contribution in [0.15, 0.2) is 4.99 Å². The molecule has 148 valence electrons. The van der Waals surface area contributed by atoms with Crippen LogP contribution in [0.2, 0.25) is 0 Å². The fraction of sp³-hybridized carbons (Fsp3) is 0.842. The number of carbonyl (C=O) groups is 2. The van der Waals surface area contributed by atoms with Gasteiger partial charge in [0.25, 0.3) is 0 Å².